The minimum atomic E-state index is -3.65. The van der Waals surface area contributed by atoms with E-state index in [1.54, 1.807) is 18.7 Å². The second kappa shape index (κ2) is 8.35. The molecule has 136 valence electrons. The number of aryl methyl sites for hydroxylation is 1. The summed E-state index contributed by atoms with van der Waals surface area (Å²) in [6, 6.07) is 13.3. The van der Waals surface area contributed by atoms with Gasteiger partial charge in [0.1, 0.15) is 0 Å². The Morgan fingerprint density at radius 2 is 1.44 bits per heavy atom. The van der Waals surface area contributed by atoms with Gasteiger partial charge in [0.15, 0.2) is 9.84 Å². The van der Waals surface area contributed by atoms with Crippen LogP contribution < -0.4 is 4.72 Å². The van der Waals surface area contributed by atoms with Crippen molar-refractivity contribution in [2.45, 2.75) is 28.5 Å². The van der Waals surface area contributed by atoms with Crippen molar-refractivity contribution in [3.8, 4) is 0 Å². The van der Waals surface area contributed by atoms with Gasteiger partial charge in [-0.3, -0.25) is 0 Å². The average molecular weight is 400 g/mol. The summed E-state index contributed by atoms with van der Waals surface area (Å²) in [6.45, 7) is 3.85. The molecule has 1 N–H and O–H groups in total. The number of rotatable bonds is 8. The highest BCUT2D eigenvalue weighted by molar-refractivity contribution is 7.99. The number of hydrogen-bond acceptors (Lipinski definition) is 5. The van der Waals surface area contributed by atoms with E-state index in [9.17, 15) is 16.8 Å². The zero-order chi connectivity index (χ0) is 18.5. The number of benzene rings is 2. The molecule has 0 bridgehead atoms. The van der Waals surface area contributed by atoms with E-state index >= 15 is 0 Å². The number of thioether (sulfide) groups is 1. The number of hydrogen-bond donors (Lipinski definition) is 1. The van der Waals surface area contributed by atoms with Crippen LogP contribution in [0.25, 0.3) is 0 Å². The van der Waals surface area contributed by atoms with Crippen molar-refractivity contribution in [3.63, 3.8) is 0 Å². The summed E-state index contributed by atoms with van der Waals surface area (Å²) in [6.07, 6.45) is 0. The molecule has 2 rings (SSSR count). The van der Waals surface area contributed by atoms with Crippen molar-refractivity contribution in [3.05, 3.63) is 54.1 Å². The van der Waals surface area contributed by atoms with Crippen molar-refractivity contribution in [2.24, 2.45) is 0 Å². The monoisotopic (exact) mass is 399 g/mol. The summed E-state index contributed by atoms with van der Waals surface area (Å²) >= 11 is 1.57. The topological polar surface area (TPSA) is 80.3 Å². The van der Waals surface area contributed by atoms with Gasteiger partial charge in [-0.15, -0.1) is 11.8 Å². The number of sulfone groups is 1. The van der Waals surface area contributed by atoms with Gasteiger partial charge in [0, 0.05) is 17.2 Å². The fourth-order valence-corrected chi connectivity index (χ4v) is 4.87. The van der Waals surface area contributed by atoms with Crippen molar-refractivity contribution >= 4 is 31.6 Å². The molecule has 0 radical (unpaired) electrons. The molecule has 0 saturated heterocycles. The molecule has 0 spiro atoms. The van der Waals surface area contributed by atoms with Crippen LogP contribution >= 0.6 is 11.8 Å². The van der Waals surface area contributed by atoms with Gasteiger partial charge >= 0.3 is 0 Å². The van der Waals surface area contributed by atoms with Crippen LogP contribution in [-0.2, 0) is 19.9 Å². The molecule has 0 unspecified atom stereocenters. The molecule has 0 amide bonds. The minimum Gasteiger partial charge on any atom is -0.224 e. The van der Waals surface area contributed by atoms with E-state index in [0.29, 0.717) is 5.75 Å². The van der Waals surface area contributed by atoms with Crippen molar-refractivity contribution in [1.29, 1.82) is 0 Å². The van der Waals surface area contributed by atoms with Gasteiger partial charge in [0.2, 0.25) is 10.0 Å². The van der Waals surface area contributed by atoms with Crippen molar-refractivity contribution < 1.29 is 16.8 Å². The van der Waals surface area contributed by atoms with Crippen LogP contribution in [0.15, 0.2) is 63.2 Å². The fourth-order valence-electron chi connectivity index (χ4n) is 2.06. The molecule has 0 saturated carbocycles. The Morgan fingerprint density at radius 3 is 2.00 bits per heavy atom. The molecule has 0 aliphatic rings. The minimum absolute atomic E-state index is 0.0203. The summed E-state index contributed by atoms with van der Waals surface area (Å²) in [4.78, 5) is 1.27. The molecule has 2 aromatic rings. The smallest absolute Gasteiger partial charge is 0.224 e. The van der Waals surface area contributed by atoms with Crippen LogP contribution in [0.3, 0.4) is 0 Å². The van der Waals surface area contributed by atoms with E-state index in [0.717, 1.165) is 4.90 Å². The molecule has 0 fully saturated rings. The van der Waals surface area contributed by atoms with Crippen LogP contribution in [0.1, 0.15) is 12.5 Å². The summed E-state index contributed by atoms with van der Waals surface area (Å²) < 4.78 is 50.6. The Labute approximate surface area is 153 Å². The first-order valence-corrected chi connectivity index (χ1v) is 11.9. The lowest BCUT2D eigenvalue weighted by Crippen LogP contribution is -2.26. The predicted molar refractivity (Wildman–Crippen MR) is 101 cm³/mol. The third-order valence-corrected chi connectivity index (χ3v) is 7.80. The summed E-state index contributed by atoms with van der Waals surface area (Å²) in [5.41, 5.74) is 1.18. The highest BCUT2D eigenvalue weighted by atomic mass is 32.2. The van der Waals surface area contributed by atoms with Gasteiger partial charge in [-0.1, -0.05) is 24.6 Å². The molecule has 0 aliphatic heterocycles. The second-order valence-corrected chi connectivity index (χ2v) is 10.6. The van der Waals surface area contributed by atoms with E-state index in [1.165, 1.54) is 29.8 Å². The van der Waals surface area contributed by atoms with Gasteiger partial charge in [-0.05, 0) is 43.3 Å². The predicted octanol–water partition coefficient (Wildman–Crippen LogP) is 2.86. The average Bonchev–Trinajstić information content (AvgIpc) is 2.60. The lowest BCUT2D eigenvalue weighted by molar-refractivity contribution is 0.583. The first kappa shape index (κ1) is 20.0. The molecule has 0 aromatic heterocycles. The maximum absolute atomic E-state index is 12.2. The molecule has 0 heterocycles. The molecule has 0 atom stereocenters. The summed E-state index contributed by atoms with van der Waals surface area (Å²) in [5, 5.41) is 0. The van der Waals surface area contributed by atoms with Gasteiger partial charge in [-0.25, -0.2) is 21.6 Å². The highest BCUT2D eigenvalue weighted by Crippen LogP contribution is 2.18. The first-order valence-electron chi connectivity index (χ1n) is 7.76. The van der Waals surface area contributed by atoms with Crippen LogP contribution in [-0.4, -0.2) is 34.9 Å². The SMILES string of the molecule is CCS(=O)(=O)c1ccc(S(=O)(=O)NCCSc2ccc(C)cc2)cc1. The van der Waals surface area contributed by atoms with E-state index in [2.05, 4.69) is 4.72 Å². The van der Waals surface area contributed by atoms with E-state index < -0.39 is 19.9 Å². The van der Waals surface area contributed by atoms with Gasteiger partial charge in [-0.2, -0.15) is 0 Å². The van der Waals surface area contributed by atoms with Gasteiger partial charge in [0.05, 0.1) is 15.5 Å². The lowest BCUT2D eigenvalue weighted by Gasteiger charge is -2.08. The highest BCUT2D eigenvalue weighted by Gasteiger charge is 2.16. The Morgan fingerprint density at radius 1 is 0.880 bits per heavy atom. The molecule has 0 aliphatic carbocycles. The van der Waals surface area contributed by atoms with E-state index in [1.807, 2.05) is 31.2 Å². The largest absolute Gasteiger partial charge is 0.240 e. The Kier molecular flexibility index (Phi) is 6.67. The summed E-state index contributed by atoms with van der Waals surface area (Å²) in [5.74, 6) is 0.582. The third kappa shape index (κ3) is 5.57. The molecule has 8 heteroatoms. The zero-order valence-corrected chi connectivity index (χ0v) is 16.5. The van der Waals surface area contributed by atoms with Crippen LogP contribution in [0.4, 0.5) is 0 Å². The maximum atomic E-state index is 12.2. The van der Waals surface area contributed by atoms with E-state index in [4.69, 9.17) is 0 Å². The van der Waals surface area contributed by atoms with Crippen molar-refractivity contribution in [1.82, 2.24) is 4.72 Å². The van der Waals surface area contributed by atoms with Gasteiger partial charge < -0.3 is 0 Å². The first-order chi connectivity index (χ1) is 11.7. The maximum Gasteiger partial charge on any atom is 0.240 e. The second-order valence-electron chi connectivity index (χ2n) is 5.43. The standard InChI is InChI=1S/C17H21NO4S3/c1-3-24(19,20)16-8-10-17(11-9-16)25(21,22)18-12-13-23-15-6-4-14(2)5-7-15/h4-11,18H,3,12-13H2,1-2H3. The third-order valence-electron chi connectivity index (χ3n) is 3.56. The number of nitrogens with one attached hydrogen (secondary N) is 1. The molecule has 25 heavy (non-hydrogen) atoms. The van der Waals surface area contributed by atoms with Crippen LogP contribution in [0.5, 0.6) is 0 Å². The molecular weight excluding hydrogens is 378 g/mol. The fraction of sp³-hybridized carbons (Fsp3) is 0.294. The number of sulfonamides is 1. The molecular formula is C17H21NO4S3. The normalized spacial score (nSPS) is 12.2. The Balaban J connectivity index is 1.94. The van der Waals surface area contributed by atoms with Gasteiger partial charge in [0.25, 0.3) is 0 Å². The van der Waals surface area contributed by atoms with Crippen LogP contribution in [0.2, 0.25) is 0 Å². The van der Waals surface area contributed by atoms with E-state index in [-0.39, 0.29) is 22.1 Å². The lowest BCUT2D eigenvalue weighted by atomic mass is 10.2. The molecule has 5 nitrogen and oxygen atoms in total. The van der Waals surface area contributed by atoms with Crippen LogP contribution in [0, 0.1) is 6.92 Å². The van der Waals surface area contributed by atoms with Crippen molar-refractivity contribution in [2.75, 3.05) is 18.1 Å². The summed E-state index contributed by atoms with van der Waals surface area (Å²) in [7, 11) is -6.98. The zero-order valence-electron chi connectivity index (χ0n) is 14.1. The Hall–Kier alpha value is -1.35. The Bertz CT molecular complexity index is 903. The molecule has 2 aromatic carbocycles. The quantitative estimate of drug-likeness (QED) is 0.545.